The Labute approximate surface area is 206 Å². The molecule has 0 aromatic heterocycles. The second-order valence-corrected chi connectivity index (χ2v) is 7.75. The maximum Gasteiger partial charge on any atom is 0.278 e. The number of rotatable bonds is 8. The molecule has 4 rings (SSSR count). The zero-order valence-corrected chi connectivity index (χ0v) is 19.5. The third kappa shape index (κ3) is 4.85. The Balaban J connectivity index is 1.77. The molecule has 3 aromatic carbocycles. The van der Waals surface area contributed by atoms with Crippen LogP contribution >= 0.6 is 0 Å². The van der Waals surface area contributed by atoms with E-state index in [0.29, 0.717) is 24.3 Å². The summed E-state index contributed by atoms with van der Waals surface area (Å²) in [5, 5.41) is 40.1. The first-order chi connectivity index (χ1) is 17.3. The SMILES string of the molecule is CCOc1cc(/C=N\N2C(=O)c3ccc([N+](=O)[O-])cc3N[C@H]2c2ccc(O)c(OCC)c2)ccc1O. The van der Waals surface area contributed by atoms with Gasteiger partial charge in [-0.2, -0.15) is 5.10 Å². The number of benzene rings is 3. The molecule has 0 radical (unpaired) electrons. The number of nitrogens with one attached hydrogen (secondary N) is 1. The van der Waals surface area contributed by atoms with Crippen molar-refractivity contribution in [1.82, 2.24) is 5.01 Å². The molecule has 0 saturated heterocycles. The molecule has 0 unspecified atom stereocenters. The number of nitrogens with zero attached hydrogens (tertiary/aromatic N) is 3. The number of carbonyl (C=O) groups excluding carboxylic acids is 1. The number of phenolic OH excluding ortho intramolecular Hbond substituents is 2. The number of ether oxygens (including phenoxy) is 2. The topological polar surface area (TPSA) is 147 Å². The van der Waals surface area contributed by atoms with Gasteiger partial charge in [-0.25, -0.2) is 5.01 Å². The smallest absolute Gasteiger partial charge is 0.278 e. The van der Waals surface area contributed by atoms with E-state index < -0.39 is 17.0 Å². The van der Waals surface area contributed by atoms with Gasteiger partial charge in [0.2, 0.25) is 0 Å². The molecule has 1 heterocycles. The van der Waals surface area contributed by atoms with E-state index in [-0.39, 0.29) is 39.9 Å². The molecule has 3 N–H and O–H groups in total. The van der Waals surface area contributed by atoms with E-state index >= 15 is 0 Å². The first-order valence-corrected chi connectivity index (χ1v) is 11.2. The van der Waals surface area contributed by atoms with Gasteiger partial charge in [0.15, 0.2) is 29.2 Å². The Hall–Kier alpha value is -4.80. The average molecular weight is 492 g/mol. The van der Waals surface area contributed by atoms with Gasteiger partial charge >= 0.3 is 0 Å². The Morgan fingerprint density at radius 1 is 1.03 bits per heavy atom. The molecule has 1 aliphatic rings. The van der Waals surface area contributed by atoms with Gasteiger partial charge in [0.05, 0.1) is 35.6 Å². The third-order valence-electron chi connectivity index (χ3n) is 5.40. The quantitative estimate of drug-likeness (QED) is 0.238. The van der Waals surface area contributed by atoms with Crippen molar-refractivity contribution < 1.29 is 29.4 Å². The van der Waals surface area contributed by atoms with Gasteiger partial charge in [-0.3, -0.25) is 14.9 Å². The number of hydrogen-bond acceptors (Lipinski definition) is 9. The summed E-state index contributed by atoms with van der Waals surface area (Å²) in [7, 11) is 0. The van der Waals surface area contributed by atoms with Gasteiger partial charge in [-0.15, -0.1) is 0 Å². The first-order valence-electron chi connectivity index (χ1n) is 11.2. The molecule has 1 atom stereocenters. The summed E-state index contributed by atoms with van der Waals surface area (Å²) in [5.74, 6) is -0.0849. The second-order valence-electron chi connectivity index (χ2n) is 7.75. The predicted molar refractivity (Wildman–Crippen MR) is 132 cm³/mol. The summed E-state index contributed by atoms with van der Waals surface area (Å²) >= 11 is 0. The van der Waals surface area contributed by atoms with Gasteiger partial charge in [-0.1, -0.05) is 6.07 Å². The summed E-state index contributed by atoms with van der Waals surface area (Å²) in [6.45, 7) is 4.23. The van der Waals surface area contributed by atoms with Crippen LogP contribution in [0.25, 0.3) is 0 Å². The number of fused-ring (bicyclic) bond motifs is 1. The second kappa shape index (κ2) is 10.2. The van der Waals surface area contributed by atoms with Crippen LogP contribution in [0.15, 0.2) is 59.7 Å². The molecule has 0 fully saturated rings. The molecule has 1 amide bonds. The number of amides is 1. The lowest BCUT2D eigenvalue weighted by molar-refractivity contribution is -0.384. The fourth-order valence-corrected chi connectivity index (χ4v) is 3.73. The Morgan fingerprint density at radius 2 is 1.69 bits per heavy atom. The van der Waals surface area contributed by atoms with Gasteiger partial charge in [-0.05, 0) is 55.8 Å². The van der Waals surface area contributed by atoms with E-state index in [1.54, 1.807) is 38.1 Å². The monoisotopic (exact) mass is 492 g/mol. The van der Waals surface area contributed by atoms with Crippen LogP contribution in [0.5, 0.6) is 23.0 Å². The summed E-state index contributed by atoms with van der Waals surface area (Å²) in [4.78, 5) is 24.2. The van der Waals surface area contributed by atoms with Crippen molar-refractivity contribution in [2.75, 3.05) is 18.5 Å². The summed E-state index contributed by atoms with van der Waals surface area (Å²) in [5.41, 5.74) is 1.41. The minimum Gasteiger partial charge on any atom is -0.504 e. The number of nitro groups is 1. The van der Waals surface area contributed by atoms with Gasteiger partial charge in [0.25, 0.3) is 11.6 Å². The Kier molecular flexibility index (Phi) is 6.91. The highest BCUT2D eigenvalue weighted by Gasteiger charge is 2.34. The zero-order chi connectivity index (χ0) is 25.8. The molecule has 11 nitrogen and oxygen atoms in total. The molecule has 0 aliphatic carbocycles. The van der Waals surface area contributed by atoms with Gasteiger partial charge in [0, 0.05) is 17.7 Å². The minimum atomic E-state index is -0.869. The lowest BCUT2D eigenvalue weighted by Gasteiger charge is -2.34. The highest BCUT2D eigenvalue weighted by Crippen LogP contribution is 2.38. The lowest BCUT2D eigenvalue weighted by atomic mass is 10.0. The van der Waals surface area contributed by atoms with Crippen LogP contribution in [0.2, 0.25) is 0 Å². The maximum absolute atomic E-state index is 13.5. The van der Waals surface area contributed by atoms with Crippen LogP contribution in [0.3, 0.4) is 0 Å². The molecular formula is C25H24N4O7. The molecule has 1 aliphatic heterocycles. The number of phenols is 2. The summed E-state index contributed by atoms with van der Waals surface area (Å²) in [6.07, 6.45) is 0.570. The van der Waals surface area contributed by atoms with E-state index in [4.69, 9.17) is 9.47 Å². The molecule has 3 aromatic rings. The van der Waals surface area contributed by atoms with E-state index in [1.807, 2.05) is 0 Å². The number of carbonyl (C=O) groups is 1. The summed E-state index contributed by atoms with van der Waals surface area (Å²) in [6, 6.07) is 13.2. The largest absolute Gasteiger partial charge is 0.504 e. The van der Waals surface area contributed by atoms with Crippen LogP contribution in [0.4, 0.5) is 11.4 Å². The van der Waals surface area contributed by atoms with Crippen molar-refractivity contribution in [3.63, 3.8) is 0 Å². The molecule has 186 valence electrons. The predicted octanol–water partition coefficient (Wildman–Crippen LogP) is 4.40. The van der Waals surface area contributed by atoms with E-state index in [2.05, 4.69) is 10.4 Å². The van der Waals surface area contributed by atoms with Crippen LogP contribution in [0.1, 0.15) is 41.5 Å². The van der Waals surface area contributed by atoms with E-state index in [1.165, 1.54) is 41.6 Å². The van der Waals surface area contributed by atoms with Crippen molar-refractivity contribution in [2.24, 2.45) is 5.10 Å². The van der Waals surface area contributed by atoms with Gasteiger partial charge < -0.3 is 25.0 Å². The minimum absolute atomic E-state index is 0.0225. The number of nitro benzene ring substituents is 1. The van der Waals surface area contributed by atoms with Crippen LogP contribution < -0.4 is 14.8 Å². The number of anilines is 1. The third-order valence-corrected chi connectivity index (χ3v) is 5.40. The molecule has 36 heavy (non-hydrogen) atoms. The van der Waals surface area contributed by atoms with Crippen LogP contribution in [0, 0.1) is 10.1 Å². The van der Waals surface area contributed by atoms with Crippen molar-refractivity contribution >= 4 is 23.5 Å². The van der Waals surface area contributed by atoms with Crippen LogP contribution in [-0.2, 0) is 0 Å². The average Bonchev–Trinajstić information content (AvgIpc) is 2.86. The van der Waals surface area contributed by atoms with E-state index in [0.717, 1.165) is 0 Å². The van der Waals surface area contributed by atoms with E-state index in [9.17, 15) is 25.1 Å². The van der Waals surface area contributed by atoms with Crippen LogP contribution in [-0.4, -0.2) is 45.5 Å². The molecule has 0 spiro atoms. The fraction of sp³-hybridized carbons (Fsp3) is 0.200. The number of hydrazone groups is 1. The molecule has 0 bridgehead atoms. The first kappa shape index (κ1) is 24.3. The zero-order valence-electron chi connectivity index (χ0n) is 19.5. The normalized spacial score (nSPS) is 14.9. The van der Waals surface area contributed by atoms with Crippen molar-refractivity contribution in [3.8, 4) is 23.0 Å². The standard InChI is InChI=1S/C25H24N4O7/c1-3-35-22-11-15(5-9-20(22)30)14-26-28-24(16-6-10-21(31)23(12-16)36-4-2)27-19-13-17(29(33)34)7-8-18(19)25(28)32/h5-14,24,27,30-31H,3-4H2,1-2H3/b26-14-/t24-/m1/s1. The maximum atomic E-state index is 13.5. The molecule has 11 heteroatoms. The highest BCUT2D eigenvalue weighted by atomic mass is 16.6. The van der Waals surface area contributed by atoms with Gasteiger partial charge in [0.1, 0.15) is 0 Å². The fourth-order valence-electron chi connectivity index (χ4n) is 3.73. The number of hydrogen-bond donors (Lipinski definition) is 3. The van der Waals surface area contributed by atoms with Crippen molar-refractivity contribution in [3.05, 3.63) is 81.4 Å². The Morgan fingerprint density at radius 3 is 2.36 bits per heavy atom. The number of non-ortho nitro benzene ring substituents is 1. The van der Waals surface area contributed by atoms with Crippen molar-refractivity contribution in [1.29, 1.82) is 0 Å². The number of aromatic hydroxyl groups is 2. The van der Waals surface area contributed by atoms with Crippen molar-refractivity contribution in [2.45, 2.75) is 20.0 Å². The molecular weight excluding hydrogens is 468 g/mol. The Bertz CT molecular complexity index is 1340. The highest BCUT2D eigenvalue weighted by molar-refractivity contribution is 6.02. The lowest BCUT2D eigenvalue weighted by Crippen LogP contribution is -2.39. The summed E-state index contributed by atoms with van der Waals surface area (Å²) < 4.78 is 10.9. The molecule has 0 saturated carbocycles.